The molecule has 0 aromatic carbocycles. The van der Waals surface area contributed by atoms with Crippen molar-refractivity contribution in [3.63, 3.8) is 0 Å². The molecule has 1 N–H and O–H groups in total. The Morgan fingerprint density at radius 1 is 1.37 bits per heavy atom. The van der Waals surface area contributed by atoms with Gasteiger partial charge in [0.15, 0.2) is 0 Å². The number of anilines is 1. The minimum atomic E-state index is -0.217. The summed E-state index contributed by atoms with van der Waals surface area (Å²) in [5, 5.41) is 7.77. The number of rotatable bonds is 3. The zero-order chi connectivity index (χ0) is 14.0. The maximum absolute atomic E-state index is 11.9. The molecule has 1 aromatic rings. The summed E-state index contributed by atoms with van der Waals surface area (Å²) < 4.78 is 1.37. The fourth-order valence-electron chi connectivity index (χ4n) is 3.08. The average molecular weight is 284 g/mol. The van der Waals surface area contributed by atoms with Crippen LogP contribution in [0.1, 0.15) is 40.0 Å². The monoisotopic (exact) mass is 283 g/mol. The van der Waals surface area contributed by atoms with Gasteiger partial charge in [0.1, 0.15) is 5.02 Å². The van der Waals surface area contributed by atoms with Crippen LogP contribution in [0.15, 0.2) is 11.0 Å². The second kappa shape index (κ2) is 5.95. The molecule has 2 atom stereocenters. The van der Waals surface area contributed by atoms with E-state index >= 15 is 0 Å². The summed E-state index contributed by atoms with van der Waals surface area (Å²) >= 11 is 6.13. The Bertz CT molecular complexity index is 490. The van der Waals surface area contributed by atoms with Crippen molar-refractivity contribution < 1.29 is 0 Å². The van der Waals surface area contributed by atoms with Gasteiger partial charge < -0.3 is 5.32 Å². The molecular formula is C14H22ClN3O. The highest BCUT2D eigenvalue weighted by Gasteiger charge is 2.24. The molecule has 19 heavy (non-hydrogen) atoms. The van der Waals surface area contributed by atoms with E-state index < -0.39 is 0 Å². The Hall–Kier alpha value is -1.03. The van der Waals surface area contributed by atoms with Crippen LogP contribution in [0.4, 0.5) is 5.69 Å². The van der Waals surface area contributed by atoms with E-state index in [0.29, 0.717) is 30.1 Å². The molecule has 1 heterocycles. The summed E-state index contributed by atoms with van der Waals surface area (Å²) in [6, 6.07) is 0.384. The van der Waals surface area contributed by atoms with Crippen LogP contribution in [0.5, 0.6) is 0 Å². The largest absolute Gasteiger partial charge is 0.380 e. The molecular weight excluding hydrogens is 262 g/mol. The van der Waals surface area contributed by atoms with E-state index in [1.807, 2.05) is 6.92 Å². The highest BCUT2D eigenvalue weighted by molar-refractivity contribution is 6.32. The van der Waals surface area contributed by atoms with E-state index in [2.05, 4.69) is 24.3 Å². The number of aromatic nitrogens is 2. The van der Waals surface area contributed by atoms with Crippen LogP contribution in [-0.4, -0.2) is 15.8 Å². The van der Waals surface area contributed by atoms with Gasteiger partial charge in [-0.2, -0.15) is 5.10 Å². The second-order valence-corrected chi connectivity index (χ2v) is 6.13. The molecule has 0 radical (unpaired) electrons. The van der Waals surface area contributed by atoms with E-state index in [0.717, 1.165) is 12.8 Å². The summed E-state index contributed by atoms with van der Waals surface area (Å²) in [7, 11) is 0. The topological polar surface area (TPSA) is 46.9 Å². The summed E-state index contributed by atoms with van der Waals surface area (Å²) in [4.78, 5) is 11.9. The van der Waals surface area contributed by atoms with Crippen LogP contribution in [0.3, 0.4) is 0 Å². The van der Waals surface area contributed by atoms with Gasteiger partial charge in [-0.3, -0.25) is 4.79 Å². The molecule has 0 aliphatic heterocycles. The Labute approximate surface area is 119 Å². The van der Waals surface area contributed by atoms with Crippen molar-refractivity contribution in [2.24, 2.45) is 11.8 Å². The Morgan fingerprint density at radius 3 is 2.58 bits per heavy atom. The molecule has 0 saturated heterocycles. The number of nitrogens with one attached hydrogen (secondary N) is 1. The van der Waals surface area contributed by atoms with E-state index in [1.165, 1.54) is 11.1 Å². The zero-order valence-corrected chi connectivity index (χ0v) is 12.6. The number of hydrogen-bond acceptors (Lipinski definition) is 3. The summed E-state index contributed by atoms with van der Waals surface area (Å²) in [5.41, 5.74) is 0.453. The summed E-state index contributed by atoms with van der Waals surface area (Å²) in [6.07, 6.45) is 5.19. The molecule has 0 bridgehead atoms. The van der Waals surface area contributed by atoms with Crippen LogP contribution < -0.4 is 10.9 Å². The lowest BCUT2D eigenvalue weighted by Crippen LogP contribution is -2.31. The quantitative estimate of drug-likeness (QED) is 0.927. The van der Waals surface area contributed by atoms with Crippen molar-refractivity contribution in [2.75, 3.05) is 5.32 Å². The number of aryl methyl sites for hydroxylation is 1. The van der Waals surface area contributed by atoms with Gasteiger partial charge >= 0.3 is 0 Å². The molecule has 0 amide bonds. The number of nitrogens with zero attached hydrogens (tertiary/aromatic N) is 2. The molecule has 1 aliphatic rings. The maximum atomic E-state index is 11.9. The first-order chi connectivity index (χ1) is 9.01. The maximum Gasteiger partial charge on any atom is 0.287 e. The fourth-order valence-corrected chi connectivity index (χ4v) is 3.28. The van der Waals surface area contributed by atoms with Gasteiger partial charge in [-0.15, -0.1) is 0 Å². The average Bonchev–Trinajstić information content (AvgIpc) is 2.34. The molecule has 5 heteroatoms. The summed E-state index contributed by atoms with van der Waals surface area (Å²) in [5.74, 6) is 1.42. The molecule has 0 spiro atoms. The molecule has 1 aromatic heterocycles. The van der Waals surface area contributed by atoms with E-state index in [1.54, 1.807) is 6.20 Å². The molecule has 2 unspecified atom stereocenters. The van der Waals surface area contributed by atoms with Crippen LogP contribution in [0.2, 0.25) is 5.02 Å². The Morgan fingerprint density at radius 2 is 2.00 bits per heavy atom. The lowest BCUT2D eigenvalue weighted by molar-refractivity contribution is 0.281. The van der Waals surface area contributed by atoms with Gasteiger partial charge in [0.25, 0.3) is 5.56 Å². The second-order valence-electron chi connectivity index (χ2n) is 5.75. The zero-order valence-electron chi connectivity index (χ0n) is 11.8. The van der Waals surface area contributed by atoms with Gasteiger partial charge in [0.2, 0.25) is 0 Å². The van der Waals surface area contributed by atoms with E-state index in [4.69, 9.17) is 11.6 Å². The van der Waals surface area contributed by atoms with Gasteiger partial charge in [-0.05, 0) is 38.0 Å². The third kappa shape index (κ3) is 3.30. The van der Waals surface area contributed by atoms with Crippen molar-refractivity contribution in [2.45, 2.75) is 52.6 Å². The number of hydrogen-bond donors (Lipinski definition) is 1. The molecule has 4 nitrogen and oxygen atoms in total. The van der Waals surface area contributed by atoms with Gasteiger partial charge in [0, 0.05) is 12.6 Å². The van der Waals surface area contributed by atoms with Gasteiger partial charge in [0.05, 0.1) is 11.9 Å². The highest BCUT2D eigenvalue weighted by Crippen LogP contribution is 2.31. The normalized spacial score (nSPS) is 27.3. The predicted molar refractivity (Wildman–Crippen MR) is 78.8 cm³/mol. The first-order valence-corrected chi connectivity index (χ1v) is 7.41. The van der Waals surface area contributed by atoms with E-state index in [-0.39, 0.29) is 10.6 Å². The SMILES string of the molecule is CCn1ncc(NC2CC(C)CC(C)C2)c(Cl)c1=O. The standard InChI is InChI=1S/C14H22ClN3O/c1-4-18-14(19)13(15)12(8-16-18)17-11-6-9(2)5-10(3)7-11/h8-11,17H,4-7H2,1-3H3. The third-order valence-electron chi connectivity index (χ3n) is 3.82. The van der Waals surface area contributed by atoms with Crippen molar-refractivity contribution in [3.8, 4) is 0 Å². The lowest BCUT2D eigenvalue weighted by Gasteiger charge is -2.32. The minimum absolute atomic E-state index is 0.217. The van der Waals surface area contributed by atoms with Crippen LogP contribution >= 0.6 is 11.6 Å². The predicted octanol–water partition coefficient (Wildman–Crippen LogP) is 3.15. The smallest absolute Gasteiger partial charge is 0.287 e. The first-order valence-electron chi connectivity index (χ1n) is 7.03. The van der Waals surface area contributed by atoms with Crippen molar-refractivity contribution in [1.29, 1.82) is 0 Å². The lowest BCUT2D eigenvalue weighted by atomic mass is 9.80. The van der Waals surface area contributed by atoms with Crippen LogP contribution in [-0.2, 0) is 6.54 Å². The number of halogens is 1. The van der Waals surface area contributed by atoms with Crippen LogP contribution in [0, 0.1) is 11.8 Å². The molecule has 2 rings (SSSR count). The van der Waals surface area contributed by atoms with Crippen molar-refractivity contribution >= 4 is 17.3 Å². The van der Waals surface area contributed by atoms with E-state index in [9.17, 15) is 4.79 Å². The molecule has 1 saturated carbocycles. The summed E-state index contributed by atoms with van der Waals surface area (Å²) in [6.45, 7) is 6.97. The Balaban J connectivity index is 2.15. The van der Waals surface area contributed by atoms with Crippen molar-refractivity contribution in [1.82, 2.24) is 9.78 Å². The fraction of sp³-hybridized carbons (Fsp3) is 0.714. The third-order valence-corrected chi connectivity index (χ3v) is 4.19. The molecule has 106 valence electrons. The first kappa shape index (κ1) is 14.4. The Kier molecular flexibility index (Phi) is 4.50. The highest BCUT2D eigenvalue weighted by atomic mass is 35.5. The van der Waals surface area contributed by atoms with Crippen molar-refractivity contribution in [3.05, 3.63) is 21.6 Å². The van der Waals surface area contributed by atoms with Gasteiger partial charge in [-0.25, -0.2) is 4.68 Å². The minimum Gasteiger partial charge on any atom is -0.380 e. The van der Waals surface area contributed by atoms with Gasteiger partial charge in [-0.1, -0.05) is 25.4 Å². The molecule has 1 fully saturated rings. The molecule has 1 aliphatic carbocycles. The van der Waals surface area contributed by atoms with Crippen LogP contribution in [0.25, 0.3) is 0 Å².